The molecule has 2 aromatic carbocycles. The Morgan fingerprint density at radius 3 is 2.77 bits per heavy atom. The third kappa shape index (κ3) is 4.03. The van der Waals surface area contributed by atoms with Crippen molar-refractivity contribution in [3.8, 4) is 5.69 Å². The number of thioether (sulfide) groups is 1. The number of nitrogens with one attached hydrogen (secondary N) is 1. The molecular formula is C16H11FN5O3S-. The van der Waals surface area contributed by atoms with E-state index in [9.17, 15) is 19.1 Å². The number of carboxylic acid groups (broad SMARTS) is 1. The molecule has 0 bridgehead atoms. The Hall–Kier alpha value is -3.27. The van der Waals surface area contributed by atoms with Gasteiger partial charge in [-0.2, -0.15) is 4.68 Å². The van der Waals surface area contributed by atoms with E-state index in [4.69, 9.17) is 0 Å². The van der Waals surface area contributed by atoms with Gasteiger partial charge in [0.05, 0.1) is 23.1 Å². The molecule has 0 spiro atoms. The van der Waals surface area contributed by atoms with Crippen LogP contribution < -0.4 is 10.4 Å². The van der Waals surface area contributed by atoms with Gasteiger partial charge in [-0.15, -0.1) is 5.10 Å². The summed E-state index contributed by atoms with van der Waals surface area (Å²) in [6, 6.07) is 11.7. The highest BCUT2D eigenvalue weighted by atomic mass is 32.2. The molecule has 0 aliphatic rings. The van der Waals surface area contributed by atoms with Crippen molar-refractivity contribution in [1.29, 1.82) is 0 Å². The van der Waals surface area contributed by atoms with Crippen LogP contribution in [0.5, 0.6) is 0 Å². The lowest BCUT2D eigenvalue weighted by molar-refractivity contribution is -0.255. The second kappa shape index (κ2) is 7.74. The van der Waals surface area contributed by atoms with E-state index < -0.39 is 17.7 Å². The smallest absolute Gasteiger partial charge is 0.234 e. The topological polar surface area (TPSA) is 113 Å². The number of halogens is 1. The van der Waals surface area contributed by atoms with Crippen molar-refractivity contribution in [3.05, 3.63) is 59.9 Å². The Morgan fingerprint density at radius 1 is 1.19 bits per heavy atom. The predicted molar refractivity (Wildman–Crippen MR) is 89.2 cm³/mol. The Bertz CT molecular complexity index is 962. The van der Waals surface area contributed by atoms with E-state index in [0.717, 1.165) is 11.8 Å². The van der Waals surface area contributed by atoms with Crippen LogP contribution in [0.4, 0.5) is 10.1 Å². The molecule has 3 rings (SSSR count). The molecule has 8 nitrogen and oxygen atoms in total. The van der Waals surface area contributed by atoms with Crippen molar-refractivity contribution in [2.75, 3.05) is 11.1 Å². The van der Waals surface area contributed by atoms with Gasteiger partial charge < -0.3 is 15.2 Å². The van der Waals surface area contributed by atoms with E-state index >= 15 is 0 Å². The van der Waals surface area contributed by atoms with Crippen LogP contribution in [0.2, 0.25) is 0 Å². The predicted octanol–water partition coefficient (Wildman–Crippen LogP) is 0.896. The molecule has 3 aromatic rings. The lowest BCUT2D eigenvalue weighted by Crippen LogP contribution is -2.22. The van der Waals surface area contributed by atoms with Crippen LogP contribution in [0, 0.1) is 5.82 Å². The van der Waals surface area contributed by atoms with E-state index in [1.54, 1.807) is 12.1 Å². The second-order valence-corrected chi connectivity index (χ2v) is 5.97. The van der Waals surface area contributed by atoms with E-state index in [1.807, 2.05) is 0 Å². The fourth-order valence-electron chi connectivity index (χ4n) is 2.07. The molecule has 10 heteroatoms. The average molecular weight is 372 g/mol. The molecule has 0 radical (unpaired) electrons. The van der Waals surface area contributed by atoms with Crippen molar-refractivity contribution in [1.82, 2.24) is 20.2 Å². The van der Waals surface area contributed by atoms with Crippen LogP contribution >= 0.6 is 11.8 Å². The number of aromatic nitrogens is 4. The first-order valence-corrected chi connectivity index (χ1v) is 8.30. The number of aromatic carboxylic acids is 1. The van der Waals surface area contributed by atoms with Gasteiger partial charge in [-0.05, 0) is 40.3 Å². The molecule has 0 saturated heterocycles. The van der Waals surface area contributed by atoms with Crippen molar-refractivity contribution >= 4 is 29.3 Å². The normalized spacial score (nSPS) is 10.5. The number of rotatable bonds is 6. The molecule has 0 saturated carbocycles. The molecule has 1 N–H and O–H groups in total. The number of amides is 1. The summed E-state index contributed by atoms with van der Waals surface area (Å²) >= 11 is 1.03. The monoisotopic (exact) mass is 372 g/mol. The summed E-state index contributed by atoms with van der Waals surface area (Å²) in [5.41, 5.74) is 0.472. The first kappa shape index (κ1) is 17.5. The van der Waals surface area contributed by atoms with Gasteiger partial charge in [-0.1, -0.05) is 36.0 Å². The third-order valence-electron chi connectivity index (χ3n) is 3.25. The number of carbonyl (C=O) groups excluding carboxylic acids is 2. The Labute approximate surface area is 151 Å². The number of tetrazole rings is 1. The van der Waals surface area contributed by atoms with E-state index in [1.165, 1.54) is 41.1 Å². The lowest BCUT2D eigenvalue weighted by atomic mass is 10.2. The molecule has 1 aromatic heterocycles. The zero-order chi connectivity index (χ0) is 18.5. The molecule has 0 aliphatic heterocycles. The number of para-hydroxylation sites is 1. The number of anilines is 1. The van der Waals surface area contributed by atoms with Gasteiger partial charge in [0.25, 0.3) is 0 Å². The minimum absolute atomic E-state index is 0.0220. The molecule has 1 heterocycles. The highest BCUT2D eigenvalue weighted by Crippen LogP contribution is 2.20. The zero-order valence-electron chi connectivity index (χ0n) is 13.1. The molecule has 26 heavy (non-hydrogen) atoms. The van der Waals surface area contributed by atoms with Gasteiger partial charge >= 0.3 is 0 Å². The molecule has 0 unspecified atom stereocenters. The first-order valence-electron chi connectivity index (χ1n) is 7.32. The molecule has 0 aliphatic carbocycles. The van der Waals surface area contributed by atoms with Gasteiger partial charge in [0.1, 0.15) is 5.82 Å². The maximum Gasteiger partial charge on any atom is 0.234 e. The third-order valence-corrected chi connectivity index (χ3v) is 4.17. The van der Waals surface area contributed by atoms with Crippen molar-refractivity contribution in [3.63, 3.8) is 0 Å². The summed E-state index contributed by atoms with van der Waals surface area (Å²) in [5.74, 6) is -2.35. The van der Waals surface area contributed by atoms with Crippen molar-refractivity contribution in [2.45, 2.75) is 5.16 Å². The fourth-order valence-corrected chi connectivity index (χ4v) is 2.77. The molecule has 1 amide bonds. The highest BCUT2D eigenvalue weighted by Gasteiger charge is 2.13. The quantitative estimate of drug-likeness (QED) is 0.640. The van der Waals surface area contributed by atoms with Gasteiger partial charge in [0.15, 0.2) is 0 Å². The Kier molecular flexibility index (Phi) is 5.23. The average Bonchev–Trinajstić information content (AvgIpc) is 3.11. The van der Waals surface area contributed by atoms with Crippen LogP contribution in [0.25, 0.3) is 5.69 Å². The lowest BCUT2D eigenvalue weighted by Gasteiger charge is -2.08. The fraction of sp³-hybridized carbons (Fsp3) is 0.0625. The van der Waals surface area contributed by atoms with Crippen LogP contribution in [-0.4, -0.2) is 37.8 Å². The van der Waals surface area contributed by atoms with Gasteiger partial charge in [0, 0.05) is 0 Å². The van der Waals surface area contributed by atoms with E-state index in [-0.39, 0.29) is 22.2 Å². The number of hydrogen-bond donors (Lipinski definition) is 1. The van der Waals surface area contributed by atoms with E-state index in [2.05, 4.69) is 20.8 Å². The molecule has 132 valence electrons. The van der Waals surface area contributed by atoms with Gasteiger partial charge in [-0.3, -0.25) is 4.79 Å². The summed E-state index contributed by atoms with van der Waals surface area (Å²) in [5, 5.41) is 24.8. The first-order chi connectivity index (χ1) is 12.5. The molecule has 0 atom stereocenters. The summed E-state index contributed by atoms with van der Waals surface area (Å²) < 4.78 is 14.8. The number of carboxylic acids is 1. The largest absolute Gasteiger partial charge is 0.545 e. The summed E-state index contributed by atoms with van der Waals surface area (Å²) in [7, 11) is 0. The Balaban J connectivity index is 1.70. The maximum absolute atomic E-state index is 13.5. The number of benzene rings is 2. The number of nitrogens with zero attached hydrogens (tertiary/aromatic N) is 4. The van der Waals surface area contributed by atoms with Crippen LogP contribution in [0.15, 0.2) is 53.7 Å². The summed E-state index contributed by atoms with van der Waals surface area (Å²) in [6.45, 7) is 0. The van der Waals surface area contributed by atoms with Gasteiger partial charge in [0.2, 0.25) is 11.1 Å². The number of carbonyl (C=O) groups is 2. The minimum Gasteiger partial charge on any atom is -0.545 e. The molecule has 0 fully saturated rings. The van der Waals surface area contributed by atoms with Crippen molar-refractivity contribution < 1.29 is 19.1 Å². The summed E-state index contributed by atoms with van der Waals surface area (Å²) in [4.78, 5) is 23.0. The number of hydrogen-bond acceptors (Lipinski definition) is 7. The summed E-state index contributed by atoms with van der Waals surface area (Å²) in [6.07, 6.45) is 0. The van der Waals surface area contributed by atoms with Gasteiger partial charge in [-0.25, -0.2) is 4.39 Å². The zero-order valence-corrected chi connectivity index (χ0v) is 13.9. The standard InChI is InChI=1S/C16H12FN5O3S/c17-12-6-1-2-7-13(12)18-14(23)9-26-16-19-20-21-22(16)11-5-3-4-10(8-11)15(24)25/h1-8H,9H2,(H,18,23)(H,24,25)/p-1. The minimum atomic E-state index is -1.32. The van der Waals surface area contributed by atoms with Crippen LogP contribution in [0.1, 0.15) is 10.4 Å². The molecular weight excluding hydrogens is 361 g/mol. The van der Waals surface area contributed by atoms with E-state index in [0.29, 0.717) is 5.69 Å². The second-order valence-electron chi connectivity index (χ2n) is 5.03. The maximum atomic E-state index is 13.5. The van der Waals surface area contributed by atoms with Crippen LogP contribution in [0.3, 0.4) is 0 Å². The SMILES string of the molecule is O=C(CSc1nnnn1-c1cccc(C(=O)[O-])c1)Nc1ccccc1F. The Morgan fingerprint density at radius 2 is 2.00 bits per heavy atom. The highest BCUT2D eigenvalue weighted by molar-refractivity contribution is 7.99. The van der Waals surface area contributed by atoms with Crippen LogP contribution in [-0.2, 0) is 4.79 Å². The van der Waals surface area contributed by atoms with Crippen molar-refractivity contribution in [2.24, 2.45) is 0 Å².